The van der Waals surface area contributed by atoms with Gasteiger partial charge in [-0.25, -0.2) is 4.39 Å². The molecule has 36 heavy (non-hydrogen) atoms. The maximum atomic E-state index is 14.0. The Bertz CT molecular complexity index is 1070. The van der Waals surface area contributed by atoms with Gasteiger partial charge < -0.3 is 20.2 Å². The Morgan fingerprint density at radius 1 is 1.19 bits per heavy atom. The molecule has 1 aliphatic heterocycles. The van der Waals surface area contributed by atoms with Crippen molar-refractivity contribution in [3.63, 3.8) is 0 Å². The van der Waals surface area contributed by atoms with Crippen molar-refractivity contribution >= 4 is 29.5 Å². The van der Waals surface area contributed by atoms with Crippen LogP contribution >= 0.6 is 11.8 Å². The van der Waals surface area contributed by atoms with Crippen LogP contribution < -0.4 is 5.32 Å². The average molecular weight is 516 g/mol. The summed E-state index contributed by atoms with van der Waals surface area (Å²) in [4.78, 5) is 42.3. The van der Waals surface area contributed by atoms with Gasteiger partial charge in [-0.3, -0.25) is 14.4 Å². The minimum atomic E-state index is -1.56. The minimum absolute atomic E-state index is 0.0862. The highest BCUT2D eigenvalue weighted by molar-refractivity contribution is 7.99. The van der Waals surface area contributed by atoms with Gasteiger partial charge in [-0.2, -0.15) is 0 Å². The standard InChI is InChI=1S/C27H34FN3O4S/c1-4-15-31-19(3)36-17-30(16-24(31)32)27(35)25(33)23(14-13-20-9-6-5-7-10-20)29-26(34)21-11-8-12-22(28)18(21)2/h5-12,19,23,25,33H,4,13-17H2,1-3H3,(H,29,34)/t19?,23-,25-/m0/s1. The number of carbonyl (C=O) groups is 3. The molecule has 1 fully saturated rings. The number of hydrogen-bond donors (Lipinski definition) is 2. The number of amides is 3. The number of halogens is 1. The zero-order valence-corrected chi connectivity index (χ0v) is 21.8. The number of carbonyl (C=O) groups excluding carboxylic acids is 3. The van der Waals surface area contributed by atoms with Crippen molar-refractivity contribution in [1.29, 1.82) is 0 Å². The van der Waals surface area contributed by atoms with Gasteiger partial charge in [-0.1, -0.05) is 43.3 Å². The van der Waals surface area contributed by atoms with Gasteiger partial charge in [0.1, 0.15) is 12.4 Å². The van der Waals surface area contributed by atoms with Gasteiger partial charge in [0, 0.05) is 12.1 Å². The van der Waals surface area contributed by atoms with E-state index in [-0.39, 0.29) is 41.3 Å². The first kappa shape index (κ1) is 27.7. The molecule has 1 heterocycles. The Balaban J connectivity index is 1.79. The third-order valence-electron chi connectivity index (χ3n) is 6.38. The highest BCUT2D eigenvalue weighted by atomic mass is 32.2. The molecule has 0 aromatic heterocycles. The molecule has 9 heteroatoms. The molecule has 3 amide bonds. The van der Waals surface area contributed by atoms with Crippen molar-refractivity contribution in [2.24, 2.45) is 0 Å². The van der Waals surface area contributed by atoms with Gasteiger partial charge in [0.05, 0.1) is 17.3 Å². The molecular formula is C27H34FN3O4S. The lowest BCUT2D eigenvalue weighted by Gasteiger charge is -2.28. The van der Waals surface area contributed by atoms with Crippen molar-refractivity contribution in [2.45, 2.75) is 57.6 Å². The van der Waals surface area contributed by atoms with Crippen LogP contribution in [0.4, 0.5) is 4.39 Å². The maximum Gasteiger partial charge on any atom is 0.254 e. The van der Waals surface area contributed by atoms with Crippen LogP contribution in [0.1, 0.15) is 48.2 Å². The van der Waals surface area contributed by atoms with Gasteiger partial charge in [0.15, 0.2) is 6.10 Å². The normalized spacial score (nSPS) is 17.9. The Kier molecular flexibility index (Phi) is 9.89. The summed E-state index contributed by atoms with van der Waals surface area (Å²) in [7, 11) is 0. The van der Waals surface area contributed by atoms with E-state index in [0.717, 1.165) is 12.0 Å². The smallest absolute Gasteiger partial charge is 0.254 e. The maximum absolute atomic E-state index is 14.0. The molecule has 2 aromatic rings. The fourth-order valence-electron chi connectivity index (χ4n) is 4.21. The number of aryl methyl sites for hydroxylation is 1. The fraction of sp³-hybridized carbons (Fsp3) is 0.444. The number of thioether (sulfide) groups is 1. The van der Waals surface area contributed by atoms with Gasteiger partial charge >= 0.3 is 0 Å². The highest BCUT2D eigenvalue weighted by Crippen LogP contribution is 2.23. The van der Waals surface area contributed by atoms with Crippen molar-refractivity contribution in [3.8, 4) is 0 Å². The zero-order chi connectivity index (χ0) is 26.2. The molecule has 0 aliphatic carbocycles. The largest absolute Gasteiger partial charge is 0.381 e. The first-order valence-electron chi connectivity index (χ1n) is 12.2. The molecule has 3 rings (SSSR count). The van der Waals surface area contributed by atoms with E-state index >= 15 is 0 Å². The van der Waals surface area contributed by atoms with Crippen LogP contribution in [0.3, 0.4) is 0 Å². The van der Waals surface area contributed by atoms with E-state index in [0.29, 0.717) is 13.0 Å². The second-order valence-electron chi connectivity index (χ2n) is 8.98. The summed E-state index contributed by atoms with van der Waals surface area (Å²) in [5.74, 6) is -1.61. The molecule has 0 radical (unpaired) electrons. The predicted molar refractivity (Wildman–Crippen MR) is 139 cm³/mol. The summed E-state index contributed by atoms with van der Waals surface area (Å²) in [6, 6.07) is 12.8. The summed E-state index contributed by atoms with van der Waals surface area (Å²) < 4.78 is 14.0. The van der Waals surface area contributed by atoms with Gasteiger partial charge in [-0.15, -0.1) is 11.8 Å². The van der Waals surface area contributed by atoms with E-state index in [4.69, 9.17) is 0 Å². The quantitative estimate of drug-likeness (QED) is 0.535. The van der Waals surface area contributed by atoms with Crippen molar-refractivity contribution in [2.75, 3.05) is 19.0 Å². The van der Waals surface area contributed by atoms with Crippen LogP contribution in [-0.4, -0.2) is 69.1 Å². The van der Waals surface area contributed by atoms with Crippen LogP contribution in [0.25, 0.3) is 0 Å². The number of nitrogens with one attached hydrogen (secondary N) is 1. The number of aliphatic hydroxyl groups is 1. The summed E-state index contributed by atoms with van der Waals surface area (Å²) in [5, 5.41) is 13.8. The second kappa shape index (κ2) is 12.9. The number of rotatable bonds is 9. The zero-order valence-electron chi connectivity index (χ0n) is 20.9. The van der Waals surface area contributed by atoms with E-state index in [1.165, 1.54) is 41.8 Å². The second-order valence-corrected chi connectivity index (χ2v) is 10.3. The third kappa shape index (κ3) is 6.85. The van der Waals surface area contributed by atoms with Crippen LogP contribution in [-0.2, 0) is 16.0 Å². The Labute approximate surface area is 216 Å². The van der Waals surface area contributed by atoms with Crippen LogP contribution in [0.15, 0.2) is 48.5 Å². The van der Waals surface area contributed by atoms with Gasteiger partial charge in [0.25, 0.3) is 11.8 Å². The molecule has 2 aromatic carbocycles. The molecule has 1 saturated heterocycles. The van der Waals surface area contributed by atoms with Gasteiger partial charge in [0.2, 0.25) is 5.91 Å². The molecule has 2 N–H and O–H groups in total. The molecule has 0 bridgehead atoms. The Morgan fingerprint density at radius 3 is 2.61 bits per heavy atom. The Hall–Kier alpha value is -2.91. The molecule has 1 unspecified atom stereocenters. The molecular weight excluding hydrogens is 481 g/mol. The van der Waals surface area contributed by atoms with Crippen molar-refractivity contribution in [3.05, 3.63) is 71.0 Å². The average Bonchev–Trinajstić information content (AvgIpc) is 3.01. The first-order valence-corrected chi connectivity index (χ1v) is 13.3. The highest BCUT2D eigenvalue weighted by Gasteiger charge is 2.35. The van der Waals surface area contributed by atoms with Crippen LogP contribution in [0.5, 0.6) is 0 Å². The summed E-state index contributed by atoms with van der Waals surface area (Å²) in [6.45, 7) is 5.89. The lowest BCUT2D eigenvalue weighted by atomic mass is 9.99. The van der Waals surface area contributed by atoms with E-state index in [9.17, 15) is 23.9 Å². The van der Waals surface area contributed by atoms with E-state index in [2.05, 4.69) is 5.32 Å². The lowest BCUT2D eigenvalue weighted by molar-refractivity contribution is -0.145. The Morgan fingerprint density at radius 2 is 1.92 bits per heavy atom. The molecule has 3 atom stereocenters. The fourth-order valence-corrected chi connectivity index (χ4v) is 5.23. The summed E-state index contributed by atoms with van der Waals surface area (Å²) in [6.07, 6.45) is 0.0330. The minimum Gasteiger partial charge on any atom is -0.381 e. The third-order valence-corrected chi connectivity index (χ3v) is 7.58. The van der Waals surface area contributed by atoms with E-state index in [1.54, 1.807) is 4.90 Å². The topological polar surface area (TPSA) is 90.0 Å². The van der Waals surface area contributed by atoms with E-state index in [1.807, 2.05) is 44.2 Å². The van der Waals surface area contributed by atoms with E-state index < -0.39 is 29.8 Å². The summed E-state index contributed by atoms with van der Waals surface area (Å²) >= 11 is 1.45. The molecule has 7 nitrogen and oxygen atoms in total. The number of nitrogens with zero attached hydrogens (tertiary/aromatic N) is 2. The lowest BCUT2D eigenvalue weighted by Crippen LogP contribution is -2.53. The molecule has 1 aliphatic rings. The van der Waals surface area contributed by atoms with Crippen LogP contribution in [0.2, 0.25) is 0 Å². The number of hydrogen-bond acceptors (Lipinski definition) is 5. The predicted octanol–water partition coefficient (Wildman–Crippen LogP) is 3.34. The SMILES string of the molecule is CCCN1C(=O)CN(C(=O)[C@@H](O)[C@H](CCc2ccccc2)NC(=O)c2cccc(F)c2C)CSC1C. The summed E-state index contributed by atoms with van der Waals surface area (Å²) in [5.41, 5.74) is 1.32. The first-order chi connectivity index (χ1) is 17.2. The van der Waals surface area contributed by atoms with Crippen LogP contribution in [0, 0.1) is 12.7 Å². The molecule has 0 saturated carbocycles. The number of aliphatic hydroxyl groups excluding tert-OH is 1. The van der Waals surface area contributed by atoms with Gasteiger partial charge in [-0.05, 0) is 56.4 Å². The van der Waals surface area contributed by atoms with Crippen molar-refractivity contribution < 1.29 is 23.9 Å². The van der Waals surface area contributed by atoms with Crippen molar-refractivity contribution in [1.82, 2.24) is 15.1 Å². The number of benzene rings is 2. The molecule has 194 valence electrons. The molecule has 0 spiro atoms. The monoisotopic (exact) mass is 515 g/mol.